The lowest BCUT2D eigenvalue weighted by Crippen LogP contribution is -2.29. The highest BCUT2D eigenvalue weighted by molar-refractivity contribution is 14.1. The summed E-state index contributed by atoms with van der Waals surface area (Å²) in [5.74, 6) is 4.87. The van der Waals surface area contributed by atoms with E-state index >= 15 is 0 Å². The van der Waals surface area contributed by atoms with Crippen LogP contribution in [0.5, 0.6) is 0 Å². The summed E-state index contributed by atoms with van der Waals surface area (Å²) in [6.07, 6.45) is 5.31. The van der Waals surface area contributed by atoms with Crippen LogP contribution in [0, 0.1) is 35.5 Å². The topological polar surface area (TPSA) is 52.0 Å². The van der Waals surface area contributed by atoms with E-state index in [1.54, 1.807) is 0 Å². The lowest BCUT2D eigenvalue weighted by molar-refractivity contribution is 0.331. The van der Waals surface area contributed by atoms with Crippen LogP contribution >= 0.6 is 22.6 Å². The van der Waals surface area contributed by atoms with Gasteiger partial charge in [0.15, 0.2) is 0 Å². The number of fused-ring (bicyclic) bond motifs is 6. The van der Waals surface area contributed by atoms with Gasteiger partial charge in [-0.1, -0.05) is 47.6 Å². The SMILES string of the molecule is CC(N)C1=C(C(N)I)C2CC3=C(CC1C2)C1CC3C(C)C1C. The summed E-state index contributed by atoms with van der Waals surface area (Å²) in [5, 5.41) is 0. The fourth-order valence-corrected chi connectivity index (χ4v) is 7.27. The van der Waals surface area contributed by atoms with E-state index in [-0.39, 0.29) is 10.1 Å². The van der Waals surface area contributed by atoms with Gasteiger partial charge in [-0.3, -0.25) is 0 Å². The lowest BCUT2D eigenvalue weighted by Gasteiger charge is -2.33. The van der Waals surface area contributed by atoms with Crippen LogP contribution in [-0.2, 0) is 0 Å². The third-order valence-electron chi connectivity index (χ3n) is 7.42. The largest absolute Gasteiger partial charge is 0.324 e. The van der Waals surface area contributed by atoms with Gasteiger partial charge >= 0.3 is 0 Å². The lowest BCUT2D eigenvalue weighted by atomic mass is 9.73. The van der Waals surface area contributed by atoms with Crippen LogP contribution in [0.1, 0.15) is 46.5 Å². The molecule has 1 fully saturated rings. The first-order valence-corrected chi connectivity index (χ1v) is 10.3. The molecule has 0 amide bonds. The Bertz CT molecular complexity index is 514. The minimum absolute atomic E-state index is 0.144. The van der Waals surface area contributed by atoms with E-state index in [2.05, 4.69) is 43.4 Å². The predicted octanol–water partition coefficient (Wildman–Crippen LogP) is 4.00. The van der Waals surface area contributed by atoms with E-state index < -0.39 is 0 Å². The fourth-order valence-electron chi connectivity index (χ4n) is 6.40. The van der Waals surface area contributed by atoms with E-state index in [0.29, 0.717) is 11.8 Å². The molecule has 4 rings (SSSR count). The molecule has 0 aromatic carbocycles. The number of allylic oxidation sites excluding steroid dienone is 2. The van der Waals surface area contributed by atoms with Gasteiger partial charge in [-0.25, -0.2) is 0 Å². The van der Waals surface area contributed by atoms with E-state index in [1.807, 2.05) is 11.1 Å². The van der Waals surface area contributed by atoms with Crippen LogP contribution in [-0.4, -0.2) is 10.1 Å². The summed E-state index contributed by atoms with van der Waals surface area (Å²) in [4.78, 5) is 0. The third kappa shape index (κ3) is 2.04. The summed E-state index contributed by atoms with van der Waals surface area (Å²) >= 11 is 2.40. The molecule has 4 N–H and O–H groups in total. The molecule has 0 aromatic rings. The first-order chi connectivity index (χ1) is 10.4. The van der Waals surface area contributed by atoms with Crippen LogP contribution < -0.4 is 11.5 Å². The van der Waals surface area contributed by atoms with Gasteiger partial charge in [-0.2, -0.15) is 0 Å². The smallest absolute Gasteiger partial charge is 0.0790 e. The van der Waals surface area contributed by atoms with Crippen molar-refractivity contribution in [1.82, 2.24) is 0 Å². The second kappa shape index (κ2) is 5.32. The molecule has 0 spiro atoms. The molecular formula is C19H29IN2. The highest BCUT2D eigenvalue weighted by atomic mass is 127. The van der Waals surface area contributed by atoms with Gasteiger partial charge in [-0.15, -0.1) is 0 Å². The summed E-state index contributed by atoms with van der Waals surface area (Å²) in [6, 6.07) is 0.169. The summed E-state index contributed by atoms with van der Waals surface area (Å²) in [6.45, 7) is 7.12. The molecular weight excluding hydrogens is 383 g/mol. The third-order valence-corrected chi connectivity index (χ3v) is 8.09. The standard InChI is InChI=1S/C19H29IN2/c1-8-9(2)14-7-13(8)15-5-11-4-12(6-16(14)15)18(19(20)22)17(11)10(3)21/h8-14,19H,4-7,21-22H2,1-3H3. The molecule has 0 saturated heterocycles. The molecule has 122 valence electrons. The first-order valence-electron chi connectivity index (χ1n) is 9.01. The predicted molar refractivity (Wildman–Crippen MR) is 100 cm³/mol. The van der Waals surface area contributed by atoms with Crippen LogP contribution in [0.3, 0.4) is 0 Å². The number of halogens is 1. The quantitative estimate of drug-likeness (QED) is 0.312. The minimum Gasteiger partial charge on any atom is -0.324 e. The van der Waals surface area contributed by atoms with Crippen molar-refractivity contribution in [3.63, 3.8) is 0 Å². The number of nitrogens with two attached hydrogens (primary N) is 2. The van der Waals surface area contributed by atoms with Gasteiger partial charge in [0.1, 0.15) is 0 Å². The van der Waals surface area contributed by atoms with Crippen molar-refractivity contribution >= 4 is 22.6 Å². The van der Waals surface area contributed by atoms with E-state index in [4.69, 9.17) is 11.5 Å². The molecule has 8 unspecified atom stereocenters. The van der Waals surface area contributed by atoms with E-state index in [1.165, 1.54) is 36.8 Å². The molecule has 1 saturated carbocycles. The average Bonchev–Trinajstić information content (AvgIpc) is 2.99. The maximum absolute atomic E-state index is 6.36. The van der Waals surface area contributed by atoms with Crippen molar-refractivity contribution in [1.29, 1.82) is 0 Å². The molecule has 4 aliphatic carbocycles. The minimum atomic E-state index is 0.144. The monoisotopic (exact) mass is 412 g/mol. The van der Waals surface area contributed by atoms with Gasteiger partial charge in [0.25, 0.3) is 0 Å². The number of alkyl halides is 1. The summed E-state index contributed by atoms with van der Waals surface area (Å²) in [7, 11) is 0. The van der Waals surface area contributed by atoms with Gasteiger partial charge in [0, 0.05) is 6.04 Å². The fraction of sp³-hybridized carbons (Fsp3) is 0.789. The molecule has 3 heteroatoms. The molecule has 4 bridgehead atoms. The molecule has 22 heavy (non-hydrogen) atoms. The van der Waals surface area contributed by atoms with Crippen LogP contribution in [0.4, 0.5) is 0 Å². The van der Waals surface area contributed by atoms with Crippen molar-refractivity contribution in [3.05, 3.63) is 22.3 Å². The van der Waals surface area contributed by atoms with Crippen LogP contribution in [0.25, 0.3) is 0 Å². The molecule has 4 aliphatic rings. The van der Waals surface area contributed by atoms with Gasteiger partial charge < -0.3 is 11.5 Å². The van der Waals surface area contributed by atoms with Gasteiger partial charge in [0.05, 0.1) is 4.05 Å². The van der Waals surface area contributed by atoms with Crippen molar-refractivity contribution in [2.45, 2.75) is 56.5 Å². The number of rotatable bonds is 2. The maximum Gasteiger partial charge on any atom is 0.0790 e. The molecule has 2 nitrogen and oxygen atoms in total. The molecule has 8 atom stereocenters. The first kappa shape index (κ1) is 15.6. The molecule has 0 aliphatic heterocycles. The average molecular weight is 412 g/mol. The molecule has 0 heterocycles. The zero-order valence-electron chi connectivity index (χ0n) is 14.0. The van der Waals surface area contributed by atoms with Crippen LogP contribution in [0.15, 0.2) is 22.3 Å². The van der Waals surface area contributed by atoms with Crippen molar-refractivity contribution in [2.24, 2.45) is 47.0 Å². The molecule has 0 radical (unpaired) electrons. The van der Waals surface area contributed by atoms with E-state index in [9.17, 15) is 0 Å². The Hall–Kier alpha value is 0.130. The van der Waals surface area contributed by atoms with Gasteiger partial charge in [0.2, 0.25) is 0 Å². The van der Waals surface area contributed by atoms with Crippen LogP contribution in [0.2, 0.25) is 0 Å². The summed E-state index contributed by atoms with van der Waals surface area (Å²) < 4.78 is 0.144. The highest BCUT2D eigenvalue weighted by Crippen LogP contribution is 2.62. The Morgan fingerprint density at radius 1 is 0.909 bits per heavy atom. The highest BCUT2D eigenvalue weighted by Gasteiger charge is 2.51. The Kier molecular flexibility index (Phi) is 3.78. The Balaban J connectivity index is 1.72. The van der Waals surface area contributed by atoms with Crippen molar-refractivity contribution < 1.29 is 0 Å². The Morgan fingerprint density at radius 2 is 1.41 bits per heavy atom. The number of hydrogen-bond donors (Lipinski definition) is 2. The van der Waals surface area contributed by atoms with Gasteiger partial charge in [-0.05, 0) is 79.3 Å². The zero-order valence-corrected chi connectivity index (χ0v) is 16.1. The van der Waals surface area contributed by atoms with E-state index in [0.717, 1.165) is 23.7 Å². The second-order valence-electron chi connectivity index (χ2n) is 8.36. The Morgan fingerprint density at radius 3 is 1.86 bits per heavy atom. The Labute approximate surface area is 148 Å². The van der Waals surface area contributed by atoms with Crippen molar-refractivity contribution in [3.8, 4) is 0 Å². The number of hydrogen-bond acceptors (Lipinski definition) is 2. The zero-order chi connectivity index (χ0) is 15.8. The summed E-state index contributed by atoms with van der Waals surface area (Å²) in [5.41, 5.74) is 19.4. The maximum atomic E-state index is 6.36. The molecule has 0 aromatic heterocycles. The normalized spacial score (nSPS) is 46.1. The van der Waals surface area contributed by atoms with Crippen molar-refractivity contribution in [2.75, 3.05) is 0 Å². The second-order valence-corrected chi connectivity index (χ2v) is 9.70.